The maximum atomic E-state index is 11.8. The molecule has 0 bridgehead atoms. The molecule has 0 fully saturated rings. The minimum Gasteiger partial charge on any atom is -0.479 e. The van der Waals surface area contributed by atoms with Gasteiger partial charge >= 0.3 is 0 Å². The summed E-state index contributed by atoms with van der Waals surface area (Å²) in [4.78, 5) is 16.1. The van der Waals surface area contributed by atoms with Gasteiger partial charge in [0.2, 0.25) is 5.88 Å². The highest BCUT2D eigenvalue weighted by Crippen LogP contribution is 2.28. The number of methoxy groups -OCH3 is 1. The van der Waals surface area contributed by atoms with E-state index in [0.717, 1.165) is 0 Å². The van der Waals surface area contributed by atoms with Gasteiger partial charge in [-0.15, -0.1) is 5.10 Å². The van der Waals surface area contributed by atoms with Crippen LogP contribution in [0.25, 0.3) is 11.3 Å². The van der Waals surface area contributed by atoms with Crippen molar-refractivity contribution in [1.82, 2.24) is 20.1 Å². The molecular weight excluding hydrogens is 286 g/mol. The van der Waals surface area contributed by atoms with Crippen molar-refractivity contribution in [2.75, 3.05) is 26.5 Å². The number of nitrogens with two attached hydrogens (primary N) is 1. The van der Waals surface area contributed by atoms with E-state index in [4.69, 9.17) is 15.6 Å². The lowest BCUT2D eigenvalue weighted by atomic mass is 10.2. The molecule has 0 saturated heterocycles. The highest BCUT2D eigenvalue weighted by Gasteiger charge is 2.17. The van der Waals surface area contributed by atoms with Gasteiger partial charge in [-0.3, -0.25) is 9.48 Å². The first-order valence-corrected chi connectivity index (χ1v) is 6.82. The van der Waals surface area contributed by atoms with Gasteiger partial charge < -0.3 is 20.9 Å². The Morgan fingerprint density at radius 3 is 2.91 bits per heavy atom. The molecule has 22 heavy (non-hydrogen) atoms. The van der Waals surface area contributed by atoms with Gasteiger partial charge in [-0.05, 0) is 18.6 Å². The van der Waals surface area contributed by atoms with Gasteiger partial charge in [0.15, 0.2) is 5.69 Å². The minimum atomic E-state index is -0.356. The van der Waals surface area contributed by atoms with Crippen LogP contribution >= 0.6 is 0 Å². The first-order chi connectivity index (χ1) is 10.6. The van der Waals surface area contributed by atoms with E-state index < -0.39 is 0 Å². The second kappa shape index (κ2) is 6.90. The second-order valence-electron chi connectivity index (χ2n) is 4.61. The number of anilines is 1. The topological polar surface area (TPSA) is 115 Å². The predicted molar refractivity (Wildman–Crippen MR) is 81.5 cm³/mol. The predicted octanol–water partition coefficient (Wildman–Crippen LogP) is 0.278. The Morgan fingerprint density at radius 1 is 1.50 bits per heavy atom. The van der Waals surface area contributed by atoms with Crippen molar-refractivity contribution < 1.29 is 14.6 Å². The third-order valence-corrected chi connectivity index (χ3v) is 3.11. The fourth-order valence-corrected chi connectivity index (χ4v) is 2.00. The first-order valence-electron chi connectivity index (χ1n) is 6.82. The van der Waals surface area contributed by atoms with Crippen molar-refractivity contribution >= 4 is 11.6 Å². The SMILES string of the molecule is CNC(=O)c1nc(-c2cn(CCCO)nc2OC)ccc1N. The second-order valence-corrected chi connectivity index (χ2v) is 4.61. The van der Waals surface area contributed by atoms with Crippen molar-refractivity contribution in [1.29, 1.82) is 0 Å². The smallest absolute Gasteiger partial charge is 0.271 e. The zero-order valence-electron chi connectivity index (χ0n) is 12.5. The zero-order chi connectivity index (χ0) is 16.1. The van der Waals surface area contributed by atoms with Gasteiger partial charge in [0, 0.05) is 26.4 Å². The number of aliphatic hydroxyl groups excluding tert-OH is 1. The normalized spacial score (nSPS) is 10.5. The number of aromatic nitrogens is 3. The van der Waals surface area contributed by atoms with E-state index in [0.29, 0.717) is 35.8 Å². The zero-order valence-corrected chi connectivity index (χ0v) is 12.5. The van der Waals surface area contributed by atoms with E-state index in [1.165, 1.54) is 14.2 Å². The number of carbonyl (C=O) groups is 1. The number of nitrogen functional groups attached to an aromatic ring is 1. The van der Waals surface area contributed by atoms with Crippen molar-refractivity contribution in [3.05, 3.63) is 24.0 Å². The number of hydrogen-bond donors (Lipinski definition) is 3. The molecule has 118 valence electrons. The summed E-state index contributed by atoms with van der Waals surface area (Å²) < 4.78 is 6.92. The number of hydrogen-bond acceptors (Lipinski definition) is 6. The van der Waals surface area contributed by atoms with Gasteiger partial charge in [0.25, 0.3) is 5.91 Å². The van der Waals surface area contributed by atoms with Gasteiger partial charge in [-0.2, -0.15) is 0 Å². The summed E-state index contributed by atoms with van der Waals surface area (Å²) in [6, 6.07) is 3.33. The molecule has 1 amide bonds. The number of nitrogens with one attached hydrogen (secondary N) is 1. The molecule has 0 aromatic carbocycles. The number of amides is 1. The molecule has 8 nitrogen and oxygen atoms in total. The largest absolute Gasteiger partial charge is 0.479 e. The standard InChI is InChI=1S/C14H19N5O3/c1-16-13(21)12-10(15)4-5-11(17-12)9-8-19(6-3-7-20)18-14(9)22-2/h4-5,8,20H,3,6-7,15H2,1-2H3,(H,16,21). The molecule has 8 heteroatoms. The van der Waals surface area contributed by atoms with E-state index in [2.05, 4.69) is 15.4 Å². The molecule has 0 radical (unpaired) electrons. The Morgan fingerprint density at radius 2 is 2.27 bits per heavy atom. The van der Waals surface area contributed by atoms with Crippen LogP contribution in [0.4, 0.5) is 5.69 Å². The Balaban J connectivity index is 2.42. The van der Waals surface area contributed by atoms with Crippen LogP contribution in [0.15, 0.2) is 18.3 Å². The van der Waals surface area contributed by atoms with Crippen molar-refractivity contribution in [3.8, 4) is 17.1 Å². The number of nitrogens with zero attached hydrogens (tertiary/aromatic N) is 3. The molecule has 0 atom stereocenters. The van der Waals surface area contributed by atoms with E-state index >= 15 is 0 Å². The average molecular weight is 305 g/mol. The van der Waals surface area contributed by atoms with E-state index in [9.17, 15) is 4.79 Å². The average Bonchev–Trinajstić information content (AvgIpc) is 2.96. The molecule has 2 aromatic rings. The Hall–Kier alpha value is -2.61. The third-order valence-electron chi connectivity index (χ3n) is 3.11. The summed E-state index contributed by atoms with van der Waals surface area (Å²) in [5.74, 6) is 0.0454. The fourth-order valence-electron chi connectivity index (χ4n) is 2.00. The summed E-state index contributed by atoms with van der Waals surface area (Å²) in [5.41, 5.74) is 7.44. The molecule has 0 spiro atoms. The van der Waals surface area contributed by atoms with Crippen LogP contribution in [0.1, 0.15) is 16.9 Å². The lowest BCUT2D eigenvalue weighted by molar-refractivity contribution is 0.0959. The van der Waals surface area contributed by atoms with Gasteiger partial charge in [0.1, 0.15) is 0 Å². The summed E-state index contributed by atoms with van der Waals surface area (Å²) >= 11 is 0. The summed E-state index contributed by atoms with van der Waals surface area (Å²) in [6.45, 7) is 0.641. The quantitative estimate of drug-likeness (QED) is 0.706. The van der Waals surface area contributed by atoms with Crippen LogP contribution < -0.4 is 15.8 Å². The van der Waals surface area contributed by atoms with Crippen LogP contribution in [-0.4, -0.2) is 46.5 Å². The molecule has 2 rings (SSSR count). The Kier molecular flexibility index (Phi) is 4.95. The molecular formula is C14H19N5O3. The lowest BCUT2D eigenvalue weighted by Gasteiger charge is -2.06. The number of aryl methyl sites for hydroxylation is 1. The van der Waals surface area contributed by atoms with Crippen LogP contribution in [0.2, 0.25) is 0 Å². The monoisotopic (exact) mass is 305 g/mol. The summed E-state index contributed by atoms with van der Waals surface area (Å²) in [7, 11) is 3.03. The number of aliphatic hydroxyl groups is 1. The molecule has 0 aliphatic heterocycles. The number of carbonyl (C=O) groups excluding carboxylic acids is 1. The highest BCUT2D eigenvalue weighted by atomic mass is 16.5. The van der Waals surface area contributed by atoms with E-state index in [1.807, 2.05) is 0 Å². The maximum Gasteiger partial charge on any atom is 0.271 e. The van der Waals surface area contributed by atoms with E-state index in [1.54, 1.807) is 23.0 Å². The van der Waals surface area contributed by atoms with Crippen molar-refractivity contribution in [3.63, 3.8) is 0 Å². The highest BCUT2D eigenvalue weighted by molar-refractivity contribution is 5.97. The van der Waals surface area contributed by atoms with Crippen LogP contribution in [0.5, 0.6) is 5.88 Å². The van der Waals surface area contributed by atoms with Crippen LogP contribution in [-0.2, 0) is 6.54 Å². The molecule has 2 heterocycles. The maximum absolute atomic E-state index is 11.8. The first kappa shape index (κ1) is 15.8. The molecule has 0 saturated carbocycles. The van der Waals surface area contributed by atoms with Crippen molar-refractivity contribution in [2.45, 2.75) is 13.0 Å². The summed E-state index contributed by atoms with van der Waals surface area (Å²) in [6.07, 6.45) is 2.35. The molecule has 2 aromatic heterocycles. The number of rotatable bonds is 6. The molecule has 4 N–H and O–H groups in total. The number of pyridine rings is 1. The Labute approximate surface area is 127 Å². The number of ether oxygens (including phenoxy) is 1. The van der Waals surface area contributed by atoms with Gasteiger partial charge in [-0.25, -0.2) is 4.98 Å². The molecule has 0 aliphatic carbocycles. The van der Waals surface area contributed by atoms with Gasteiger partial charge in [-0.1, -0.05) is 0 Å². The molecule has 0 aliphatic rings. The van der Waals surface area contributed by atoms with Crippen LogP contribution in [0, 0.1) is 0 Å². The van der Waals surface area contributed by atoms with Crippen molar-refractivity contribution in [2.24, 2.45) is 0 Å². The van der Waals surface area contributed by atoms with E-state index in [-0.39, 0.29) is 18.2 Å². The fraction of sp³-hybridized carbons (Fsp3) is 0.357. The lowest BCUT2D eigenvalue weighted by Crippen LogP contribution is -2.21. The molecule has 0 unspecified atom stereocenters. The van der Waals surface area contributed by atoms with Gasteiger partial charge in [0.05, 0.1) is 24.1 Å². The minimum absolute atomic E-state index is 0.0818. The Bertz CT molecular complexity index is 668. The third kappa shape index (κ3) is 3.17. The van der Waals surface area contributed by atoms with Crippen LogP contribution in [0.3, 0.4) is 0 Å². The summed E-state index contributed by atoms with van der Waals surface area (Å²) in [5, 5.41) is 15.7.